The zero-order chi connectivity index (χ0) is 25.1. The van der Waals surface area contributed by atoms with Gasteiger partial charge in [0.25, 0.3) is 5.91 Å². The highest BCUT2D eigenvalue weighted by atomic mass is 16.5. The van der Waals surface area contributed by atoms with Crippen LogP contribution < -0.4 is 5.43 Å². The number of nitrogens with one attached hydrogen (secondary N) is 1. The Bertz CT molecular complexity index is 531. The minimum absolute atomic E-state index is 0.0543. The van der Waals surface area contributed by atoms with Gasteiger partial charge in [0.15, 0.2) is 0 Å². The van der Waals surface area contributed by atoms with Crippen molar-refractivity contribution in [2.45, 2.75) is 136 Å². The Kier molecular flexibility index (Phi) is 24.8. The summed E-state index contributed by atoms with van der Waals surface area (Å²) in [5.74, 6) is -0.369. The number of allylic oxidation sites excluding steroid dienone is 3. The monoisotopic (exact) mass is 478 g/mol. The highest BCUT2D eigenvalue weighted by Crippen LogP contribution is 2.10. The first kappa shape index (κ1) is 32.4. The molecule has 0 aliphatic rings. The average Bonchev–Trinajstić information content (AvgIpc) is 2.83. The predicted octanol–water partition coefficient (Wildman–Crippen LogP) is 8.01. The molecule has 0 aromatic carbocycles. The standard InChI is InChI=1S/C29H54N2O3/c1-4-6-8-10-12-13-14-15-16-17-18-20-22-24-26-31(30-28(32)27-34-3)29(33)25-23-21-19-11-9-7-5-2/h14-15,24,26H,4-13,16-23,25,27H2,1-3H3,(H,30,32). The summed E-state index contributed by atoms with van der Waals surface area (Å²) in [6.45, 7) is 4.42. The van der Waals surface area contributed by atoms with E-state index in [9.17, 15) is 9.59 Å². The van der Waals surface area contributed by atoms with Gasteiger partial charge in [0.2, 0.25) is 5.91 Å². The molecule has 0 rings (SSSR count). The van der Waals surface area contributed by atoms with Gasteiger partial charge in [-0.3, -0.25) is 15.0 Å². The Morgan fingerprint density at radius 3 is 1.71 bits per heavy atom. The van der Waals surface area contributed by atoms with E-state index in [1.165, 1.54) is 95.6 Å². The SMILES string of the molecule is CCCCCCCC=CCCCCCC=CN(NC(=O)COC)C(=O)CCCCCCCCC. The maximum Gasteiger partial charge on any atom is 0.264 e. The van der Waals surface area contributed by atoms with E-state index in [1.54, 1.807) is 6.20 Å². The van der Waals surface area contributed by atoms with E-state index in [1.807, 2.05) is 6.08 Å². The van der Waals surface area contributed by atoms with Gasteiger partial charge in [0.1, 0.15) is 6.61 Å². The van der Waals surface area contributed by atoms with Crippen molar-refractivity contribution in [1.29, 1.82) is 0 Å². The summed E-state index contributed by atoms with van der Waals surface area (Å²) in [5.41, 5.74) is 2.66. The molecule has 0 aromatic heterocycles. The molecule has 1 N–H and O–H groups in total. The van der Waals surface area contributed by atoms with Gasteiger partial charge >= 0.3 is 0 Å². The summed E-state index contributed by atoms with van der Waals surface area (Å²) in [7, 11) is 1.48. The summed E-state index contributed by atoms with van der Waals surface area (Å²) in [6, 6.07) is 0. The lowest BCUT2D eigenvalue weighted by Crippen LogP contribution is -2.44. The Morgan fingerprint density at radius 1 is 0.676 bits per heavy atom. The van der Waals surface area contributed by atoms with Crippen LogP contribution >= 0.6 is 0 Å². The van der Waals surface area contributed by atoms with Crippen LogP contribution in [-0.2, 0) is 14.3 Å². The molecule has 0 fully saturated rings. The van der Waals surface area contributed by atoms with Gasteiger partial charge < -0.3 is 4.74 Å². The maximum absolute atomic E-state index is 12.6. The maximum atomic E-state index is 12.6. The molecule has 0 saturated carbocycles. The van der Waals surface area contributed by atoms with Crippen molar-refractivity contribution in [3.63, 3.8) is 0 Å². The minimum Gasteiger partial charge on any atom is -0.375 e. The molecule has 0 unspecified atom stereocenters. The Balaban J connectivity index is 4.08. The van der Waals surface area contributed by atoms with Gasteiger partial charge in [-0.15, -0.1) is 0 Å². The molecule has 198 valence electrons. The molecule has 34 heavy (non-hydrogen) atoms. The predicted molar refractivity (Wildman–Crippen MR) is 144 cm³/mol. The number of unbranched alkanes of at least 4 members (excludes halogenated alkanes) is 15. The van der Waals surface area contributed by atoms with Crippen LogP contribution in [0.1, 0.15) is 136 Å². The molecule has 0 radical (unpaired) electrons. The first-order chi connectivity index (χ1) is 16.7. The van der Waals surface area contributed by atoms with Crippen molar-refractivity contribution in [3.05, 3.63) is 24.4 Å². The molecule has 2 amide bonds. The molecular formula is C29H54N2O3. The molecule has 5 nitrogen and oxygen atoms in total. The zero-order valence-corrected chi connectivity index (χ0v) is 22.6. The summed E-state index contributed by atoms with van der Waals surface area (Å²) < 4.78 is 4.88. The van der Waals surface area contributed by atoms with Crippen LogP contribution in [0.25, 0.3) is 0 Å². The molecule has 0 saturated heterocycles. The molecular weight excluding hydrogens is 424 g/mol. The lowest BCUT2D eigenvalue weighted by Gasteiger charge is -2.19. The van der Waals surface area contributed by atoms with E-state index in [0.717, 1.165) is 32.1 Å². The second kappa shape index (κ2) is 26.0. The van der Waals surface area contributed by atoms with E-state index in [-0.39, 0.29) is 18.4 Å². The van der Waals surface area contributed by atoms with Crippen molar-refractivity contribution < 1.29 is 14.3 Å². The van der Waals surface area contributed by atoms with Gasteiger partial charge in [0, 0.05) is 19.7 Å². The molecule has 0 heterocycles. The Labute approximate surface area is 210 Å². The van der Waals surface area contributed by atoms with Crippen molar-refractivity contribution in [2.75, 3.05) is 13.7 Å². The average molecular weight is 479 g/mol. The Hall–Kier alpha value is -1.62. The molecule has 0 aromatic rings. The number of hydrazine groups is 1. The van der Waals surface area contributed by atoms with E-state index in [2.05, 4.69) is 31.4 Å². The normalized spacial score (nSPS) is 11.5. The number of ether oxygens (including phenoxy) is 1. The second-order valence-electron chi connectivity index (χ2n) is 9.30. The highest BCUT2D eigenvalue weighted by Gasteiger charge is 2.13. The molecule has 0 atom stereocenters. The number of nitrogens with zero attached hydrogens (tertiary/aromatic N) is 1. The first-order valence-electron chi connectivity index (χ1n) is 14.1. The van der Waals surface area contributed by atoms with E-state index in [0.29, 0.717) is 6.42 Å². The van der Waals surface area contributed by atoms with Crippen LogP contribution in [0.5, 0.6) is 0 Å². The van der Waals surface area contributed by atoms with Crippen molar-refractivity contribution >= 4 is 11.8 Å². The van der Waals surface area contributed by atoms with Crippen LogP contribution in [0.3, 0.4) is 0 Å². The van der Waals surface area contributed by atoms with Gasteiger partial charge in [-0.05, 0) is 44.9 Å². The fourth-order valence-corrected chi connectivity index (χ4v) is 3.82. The van der Waals surface area contributed by atoms with Gasteiger partial charge in [-0.1, -0.05) is 103 Å². The minimum atomic E-state index is -0.308. The van der Waals surface area contributed by atoms with Gasteiger partial charge in [0.05, 0.1) is 0 Å². The Morgan fingerprint density at radius 2 is 1.15 bits per heavy atom. The second-order valence-corrected chi connectivity index (χ2v) is 9.30. The summed E-state index contributed by atoms with van der Waals surface area (Å²) in [5, 5.41) is 1.35. The largest absolute Gasteiger partial charge is 0.375 e. The number of hydrogen-bond acceptors (Lipinski definition) is 3. The quantitative estimate of drug-likeness (QED) is 0.0919. The van der Waals surface area contributed by atoms with E-state index < -0.39 is 0 Å². The topological polar surface area (TPSA) is 58.6 Å². The number of rotatable bonds is 23. The van der Waals surface area contributed by atoms with Crippen molar-refractivity contribution in [3.8, 4) is 0 Å². The number of methoxy groups -OCH3 is 1. The number of carbonyl (C=O) groups is 2. The smallest absolute Gasteiger partial charge is 0.264 e. The number of carbonyl (C=O) groups excluding carboxylic acids is 2. The lowest BCUT2D eigenvalue weighted by molar-refractivity contribution is -0.139. The van der Waals surface area contributed by atoms with E-state index in [4.69, 9.17) is 4.74 Å². The molecule has 5 heteroatoms. The third-order valence-electron chi connectivity index (χ3n) is 5.92. The third kappa shape index (κ3) is 22.2. The summed E-state index contributed by atoms with van der Waals surface area (Å²) >= 11 is 0. The third-order valence-corrected chi connectivity index (χ3v) is 5.92. The van der Waals surface area contributed by atoms with Crippen molar-refractivity contribution in [2.24, 2.45) is 0 Å². The van der Waals surface area contributed by atoms with Crippen LogP contribution in [0, 0.1) is 0 Å². The van der Waals surface area contributed by atoms with Crippen LogP contribution in [0.15, 0.2) is 24.4 Å². The number of hydrogen-bond donors (Lipinski definition) is 1. The van der Waals surface area contributed by atoms with Crippen LogP contribution in [-0.4, -0.2) is 30.5 Å². The number of amides is 2. The van der Waals surface area contributed by atoms with Gasteiger partial charge in [-0.25, -0.2) is 5.01 Å². The molecule has 0 aliphatic heterocycles. The molecule has 0 spiro atoms. The highest BCUT2D eigenvalue weighted by molar-refractivity contribution is 5.83. The van der Waals surface area contributed by atoms with Crippen LogP contribution in [0.4, 0.5) is 0 Å². The summed E-state index contributed by atoms with van der Waals surface area (Å²) in [4.78, 5) is 24.5. The fourth-order valence-electron chi connectivity index (χ4n) is 3.82. The van der Waals surface area contributed by atoms with E-state index >= 15 is 0 Å². The molecule has 0 aliphatic carbocycles. The summed E-state index contributed by atoms with van der Waals surface area (Å²) in [6.07, 6.45) is 30.4. The van der Waals surface area contributed by atoms with Crippen molar-refractivity contribution in [1.82, 2.24) is 10.4 Å². The first-order valence-corrected chi connectivity index (χ1v) is 14.1. The van der Waals surface area contributed by atoms with Gasteiger partial charge in [-0.2, -0.15) is 0 Å². The van der Waals surface area contributed by atoms with Crippen LogP contribution in [0.2, 0.25) is 0 Å². The molecule has 0 bridgehead atoms. The zero-order valence-electron chi connectivity index (χ0n) is 22.6. The lowest BCUT2D eigenvalue weighted by atomic mass is 10.1. The fraction of sp³-hybridized carbons (Fsp3) is 0.793.